The van der Waals surface area contributed by atoms with Crippen LogP contribution in [-0.2, 0) is 14.4 Å². The fourth-order valence-corrected chi connectivity index (χ4v) is 2.05. The molecule has 0 aromatic rings. The van der Waals surface area contributed by atoms with Gasteiger partial charge in [-0.2, -0.15) is 0 Å². The number of carbonyl (C=O) groups is 1. The van der Waals surface area contributed by atoms with Gasteiger partial charge in [0.2, 0.25) is 0 Å². The Hall–Kier alpha value is -1.39. The fourth-order valence-electron chi connectivity index (χ4n) is 2.05. The van der Waals surface area contributed by atoms with Gasteiger partial charge in [0.15, 0.2) is 0 Å². The van der Waals surface area contributed by atoms with E-state index in [9.17, 15) is 4.79 Å². The topological polar surface area (TPSA) is 55.8 Å². The summed E-state index contributed by atoms with van der Waals surface area (Å²) in [5.74, 6) is -0.107. The number of esters is 1. The SMILES string of the molecule is CCC(/C=C\C=C/C/C=C/CCCCCCCC(=O)OC)OO. The Balaban J connectivity index is 3.42. The van der Waals surface area contributed by atoms with Crippen LogP contribution >= 0.6 is 0 Å². The lowest BCUT2D eigenvalue weighted by Gasteiger charge is -2.02. The average Bonchev–Trinajstić information content (AvgIpc) is 2.58. The van der Waals surface area contributed by atoms with Crippen LogP contribution in [0.4, 0.5) is 0 Å². The van der Waals surface area contributed by atoms with Crippen molar-refractivity contribution in [3.63, 3.8) is 0 Å². The van der Waals surface area contributed by atoms with Gasteiger partial charge in [0, 0.05) is 6.42 Å². The molecule has 0 saturated carbocycles. The number of hydrogen-bond donors (Lipinski definition) is 1. The molecule has 1 N–H and O–H groups in total. The summed E-state index contributed by atoms with van der Waals surface area (Å²) in [4.78, 5) is 15.2. The van der Waals surface area contributed by atoms with Gasteiger partial charge in [-0.3, -0.25) is 10.1 Å². The summed E-state index contributed by atoms with van der Waals surface area (Å²) in [6.07, 6.45) is 20.9. The molecule has 4 nitrogen and oxygen atoms in total. The van der Waals surface area contributed by atoms with Crippen molar-refractivity contribution in [2.24, 2.45) is 0 Å². The number of allylic oxidation sites excluding steroid dienone is 5. The van der Waals surface area contributed by atoms with Crippen molar-refractivity contribution in [3.8, 4) is 0 Å². The van der Waals surface area contributed by atoms with E-state index in [2.05, 4.69) is 27.9 Å². The maximum absolute atomic E-state index is 10.9. The molecule has 4 heteroatoms. The van der Waals surface area contributed by atoms with Crippen molar-refractivity contribution >= 4 is 5.97 Å². The van der Waals surface area contributed by atoms with Crippen LogP contribution < -0.4 is 0 Å². The molecule has 0 aromatic carbocycles. The van der Waals surface area contributed by atoms with E-state index in [4.69, 9.17) is 5.26 Å². The standard InChI is InChI=1S/C19H32O4/c1-3-18(23-21)16-14-12-10-8-6-4-5-7-9-11-13-15-17-19(20)22-2/h4,6,10,12,14,16,18,21H,3,5,7-9,11,13,15,17H2,1-2H3/b6-4+,12-10-,16-14-. The number of ether oxygens (including phenoxy) is 1. The highest BCUT2D eigenvalue weighted by Crippen LogP contribution is 2.08. The van der Waals surface area contributed by atoms with E-state index in [0.717, 1.165) is 32.1 Å². The smallest absolute Gasteiger partial charge is 0.305 e. The predicted octanol–water partition coefficient (Wildman–Crippen LogP) is 5.22. The second kappa shape index (κ2) is 17.0. The zero-order valence-corrected chi connectivity index (χ0v) is 14.6. The Morgan fingerprint density at radius 2 is 1.78 bits per heavy atom. The third-order valence-corrected chi connectivity index (χ3v) is 3.53. The number of hydrogen-bond acceptors (Lipinski definition) is 4. The highest BCUT2D eigenvalue weighted by Gasteiger charge is 1.98. The Labute approximate surface area is 140 Å². The van der Waals surface area contributed by atoms with E-state index in [1.54, 1.807) is 0 Å². The average molecular weight is 324 g/mol. The van der Waals surface area contributed by atoms with Crippen molar-refractivity contribution in [3.05, 3.63) is 36.5 Å². The molecule has 0 rings (SSSR count). The molecule has 0 radical (unpaired) electrons. The van der Waals surface area contributed by atoms with E-state index in [1.807, 2.05) is 25.2 Å². The molecular weight excluding hydrogens is 292 g/mol. The summed E-state index contributed by atoms with van der Waals surface area (Å²) in [6.45, 7) is 1.96. The summed E-state index contributed by atoms with van der Waals surface area (Å²) < 4.78 is 4.61. The van der Waals surface area contributed by atoms with Gasteiger partial charge in [-0.05, 0) is 32.1 Å². The van der Waals surface area contributed by atoms with E-state index in [0.29, 0.717) is 6.42 Å². The third kappa shape index (κ3) is 15.3. The van der Waals surface area contributed by atoms with Crippen LogP contribution in [-0.4, -0.2) is 24.4 Å². The van der Waals surface area contributed by atoms with Crippen molar-refractivity contribution < 1.29 is 19.7 Å². The Kier molecular flexibility index (Phi) is 15.9. The van der Waals surface area contributed by atoms with Gasteiger partial charge in [-0.25, -0.2) is 4.89 Å². The molecule has 0 aliphatic heterocycles. The Bertz CT molecular complexity index is 354. The maximum atomic E-state index is 10.9. The molecule has 0 heterocycles. The van der Waals surface area contributed by atoms with Crippen molar-refractivity contribution in [2.45, 2.75) is 70.8 Å². The predicted molar refractivity (Wildman–Crippen MR) is 94.2 cm³/mol. The lowest BCUT2D eigenvalue weighted by Crippen LogP contribution is -2.03. The van der Waals surface area contributed by atoms with Crippen LogP contribution in [0.25, 0.3) is 0 Å². The van der Waals surface area contributed by atoms with Gasteiger partial charge in [-0.15, -0.1) is 0 Å². The maximum Gasteiger partial charge on any atom is 0.305 e. The Morgan fingerprint density at radius 1 is 1.04 bits per heavy atom. The van der Waals surface area contributed by atoms with Crippen molar-refractivity contribution in [2.75, 3.05) is 7.11 Å². The van der Waals surface area contributed by atoms with Crippen LogP contribution in [0.5, 0.6) is 0 Å². The lowest BCUT2D eigenvalue weighted by atomic mass is 10.1. The second-order valence-electron chi connectivity index (χ2n) is 5.45. The highest BCUT2D eigenvalue weighted by molar-refractivity contribution is 5.68. The molecule has 0 spiro atoms. The van der Waals surface area contributed by atoms with Crippen LogP contribution in [0.2, 0.25) is 0 Å². The van der Waals surface area contributed by atoms with E-state index >= 15 is 0 Å². The van der Waals surface area contributed by atoms with Gasteiger partial charge in [0.05, 0.1) is 7.11 Å². The first-order valence-electron chi connectivity index (χ1n) is 8.60. The molecule has 132 valence electrons. The molecule has 0 amide bonds. The summed E-state index contributed by atoms with van der Waals surface area (Å²) in [5.41, 5.74) is 0. The third-order valence-electron chi connectivity index (χ3n) is 3.53. The fraction of sp³-hybridized carbons (Fsp3) is 0.632. The normalized spacial score (nSPS) is 13.3. The number of carbonyl (C=O) groups excluding carboxylic acids is 1. The van der Waals surface area contributed by atoms with E-state index in [-0.39, 0.29) is 12.1 Å². The van der Waals surface area contributed by atoms with Gasteiger partial charge >= 0.3 is 5.97 Å². The van der Waals surface area contributed by atoms with E-state index in [1.165, 1.54) is 26.4 Å². The zero-order valence-electron chi connectivity index (χ0n) is 14.6. The van der Waals surface area contributed by atoms with Gasteiger partial charge in [-0.1, -0.05) is 62.6 Å². The summed E-state index contributed by atoms with van der Waals surface area (Å²) in [6, 6.07) is 0. The number of unbranched alkanes of at least 4 members (excludes halogenated alkanes) is 5. The molecule has 0 fully saturated rings. The molecule has 0 aromatic heterocycles. The monoisotopic (exact) mass is 324 g/mol. The molecule has 0 saturated heterocycles. The second-order valence-corrected chi connectivity index (χ2v) is 5.45. The molecule has 23 heavy (non-hydrogen) atoms. The minimum atomic E-state index is -0.220. The minimum Gasteiger partial charge on any atom is -0.469 e. The van der Waals surface area contributed by atoms with Crippen LogP contribution in [0.15, 0.2) is 36.5 Å². The van der Waals surface area contributed by atoms with Gasteiger partial charge in [0.25, 0.3) is 0 Å². The van der Waals surface area contributed by atoms with Crippen LogP contribution in [0, 0.1) is 0 Å². The summed E-state index contributed by atoms with van der Waals surface area (Å²) >= 11 is 0. The largest absolute Gasteiger partial charge is 0.469 e. The first-order valence-corrected chi connectivity index (χ1v) is 8.60. The van der Waals surface area contributed by atoms with Crippen molar-refractivity contribution in [1.82, 2.24) is 0 Å². The molecule has 0 aliphatic rings. The van der Waals surface area contributed by atoms with Gasteiger partial charge < -0.3 is 4.74 Å². The highest BCUT2D eigenvalue weighted by atomic mass is 17.1. The molecule has 0 aliphatic carbocycles. The molecule has 1 atom stereocenters. The first kappa shape index (κ1) is 21.6. The molecule has 1 unspecified atom stereocenters. The lowest BCUT2D eigenvalue weighted by molar-refractivity contribution is -0.266. The minimum absolute atomic E-state index is 0.107. The van der Waals surface area contributed by atoms with Crippen LogP contribution in [0.3, 0.4) is 0 Å². The Morgan fingerprint density at radius 3 is 2.48 bits per heavy atom. The van der Waals surface area contributed by atoms with Gasteiger partial charge in [0.1, 0.15) is 6.10 Å². The quantitative estimate of drug-likeness (QED) is 0.119. The molecule has 0 bridgehead atoms. The summed E-state index contributed by atoms with van der Waals surface area (Å²) in [7, 11) is 1.44. The number of methoxy groups -OCH3 is 1. The molecular formula is C19H32O4. The van der Waals surface area contributed by atoms with E-state index < -0.39 is 0 Å². The zero-order chi connectivity index (χ0) is 17.2. The number of rotatable bonds is 14. The first-order chi connectivity index (χ1) is 11.2. The van der Waals surface area contributed by atoms with Crippen molar-refractivity contribution in [1.29, 1.82) is 0 Å². The summed E-state index contributed by atoms with van der Waals surface area (Å²) in [5, 5.41) is 8.55. The van der Waals surface area contributed by atoms with Crippen LogP contribution in [0.1, 0.15) is 64.7 Å².